The summed E-state index contributed by atoms with van der Waals surface area (Å²) in [4.78, 5) is 56.5. The van der Waals surface area contributed by atoms with Crippen molar-refractivity contribution >= 4 is 23.9 Å². The van der Waals surface area contributed by atoms with Gasteiger partial charge in [-0.05, 0) is 116 Å². The van der Waals surface area contributed by atoms with Crippen LogP contribution in [0.3, 0.4) is 0 Å². The van der Waals surface area contributed by atoms with Gasteiger partial charge in [0, 0.05) is 26.2 Å². The Labute approximate surface area is 491 Å². The zero-order valence-electron chi connectivity index (χ0n) is 47.0. The van der Waals surface area contributed by atoms with Gasteiger partial charge in [0.2, 0.25) is 0 Å². The quantitative estimate of drug-likeness (QED) is 0.0441. The number of β-amino-alcohol motifs (C(OH)–C–C–N with tert-alkyl or cyclic N) is 2. The summed E-state index contributed by atoms with van der Waals surface area (Å²) >= 11 is 0. The Morgan fingerprint density at radius 3 is 1.31 bits per heavy atom. The lowest BCUT2D eigenvalue weighted by molar-refractivity contribution is -0.145. The van der Waals surface area contributed by atoms with E-state index < -0.39 is 112 Å². The fourth-order valence-electron chi connectivity index (χ4n) is 11.5. The number of halogens is 12. The third-order valence-electron chi connectivity index (χ3n) is 16.5. The number of rotatable bonds is 17. The molecular formula is C60H62F12N6O9. The number of carbonyl (C=O) groups excluding carboxylic acids is 4. The molecule has 4 saturated heterocycles. The Hall–Kier alpha value is -7.30. The number of nitrogens with one attached hydrogen (secondary N) is 3. The molecule has 9 rings (SSSR count). The lowest BCUT2D eigenvalue weighted by Crippen LogP contribution is -2.65. The summed E-state index contributed by atoms with van der Waals surface area (Å²) in [6, 6.07) is 26.2. The van der Waals surface area contributed by atoms with Crippen LogP contribution in [-0.2, 0) is 61.4 Å². The van der Waals surface area contributed by atoms with E-state index in [4.69, 9.17) is 14.2 Å². The van der Waals surface area contributed by atoms with Gasteiger partial charge in [-0.1, -0.05) is 72.8 Å². The Morgan fingerprint density at radius 1 is 0.540 bits per heavy atom. The van der Waals surface area contributed by atoms with Crippen molar-refractivity contribution in [2.24, 2.45) is 0 Å². The summed E-state index contributed by atoms with van der Waals surface area (Å²) in [5.74, 6) is -0.368. The van der Waals surface area contributed by atoms with Gasteiger partial charge in [-0.3, -0.25) is 19.8 Å². The first-order chi connectivity index (χ1) is 40.8. The lowest BCUT2D eigenvalue weighted by Gasteiger charge is -2.47. The molecule has 0 radical (unpaired) electrons. The van der Waals surface area contributed by atoms with Crippen LogP contribution in [0.2, 0.25) is 0 Å². The van der Waals surface area contributed by atoms with Gasteiger partial charge in [0.15, 0.2) is 0 Å². The third-order valence-corrected chi connectivity index (χ3v) is 16.5. The van der Waals surface area contributed by atoms with E-state index in [9.17, 15) is 82.1 Å². The number of alkyl halides is 12. The van der Waals surface area contributed by atoms with E-state index in [2.05, 4.69) is 16.0 Å². The zero-order valence-corrected chi connectivity index (χ0v) is 47.0. The number of piperidine rings is 2. The van der Waals surface area contributed by atoms with E-state index in [-0.39, 0.29) is 101 Å². The molecule has 15 nitrogen and oxygen atoms in total. The van der Waals surface area contributed by atoms with Gasteiger partial charge in [0.1, 0.15) is 16.8 Å². The molecule has 470 valence electrons. The van der Waals surface area contributed by atoms with Crippen molar-refractivity contribution in [1.29, 1.82) is 0 Å². The maximum absolute atomic E-state index is 14.0. The van der Waals surface area contributed by atoms with Gasteiger partial charge in [-0.2, -0.15) is 52.7 Å². The predicted octanol–water partition coefficient (Wildman–Crippen LogP) is 10.6. The van der Waals surface area contributed by atoms with Gasteiger partial charge in [0.05, 0.1) is 85.6 Å². The number of hydrogen-bond acceptors (Lipinski definition) is 11. The summed E-state index contributed by atoms with van der Waals surface area (Å²) in [6.07, 6.45) is -21.5. The predicted molar refractivity (Wildman–Crippen MR) is 288 cm³/mol. The van der Waals surface area contributed by atoms with Crippen molar-refractivity contribution in [3.63, 3.8) is 0 Å². The Bertz CT molecular complexity index is 3180. The largest absolute Gasteiger partial charge is 0.497 e. The summed E-state index contributed by atoms with van der Waals surface area (Å²) in [7, 11) is 1.52. The first-order valence-electron chi connectivity index (χ1n) is 27.4. The number of hydrogen-bond donors (Lipinski definition) is 5. The minimum atomic E-state index is -5.01. The van der Waals surface area contributed by atoms with Gasteiger partial charge < -0.3 is 44.9 Å². The van der Waals surface area contributed by atoms with Crippen molar-refractivity contribution in [3.8, 4) is 5.75 Å². The van der Waals surface area contributed by atoms with Crippen LogP contribution in [0.25, 0.3) is 0 Å². The normalized spacial score (nSPS) is 23.5. The van der Waals surface area contributed by atoms with Gasteiger partial charge in [-0.15, -0.1) is 0 Å². The molecule has 4 fully saturated rings. The Morgan fingerprint density at radius 2 is 0.943 bits per heavy atom. The number of aliphatic hydroxyl groups is 2. The van der Waals surface area contributed by atoms with Crippen LogP contribution >= 0.6 is 0 Å². The minimum absolute atomic E-state index is 0.00725. The van der Waals surface area contributed by atoms with E-state index >= 15 is 0 Å². The number of amides is 6. The van der Waals surface area contributed by atoms with E-state index in [0.29, 0.717) is 41.1 Å². The van der Waals surface area contributed by atoms with Gasteiger partial charge in [0.25, 0.3) is 11.8 Å². The smallest absolute Gasteiger partial charge is 0.416 e. The van der Waals surface area contributed by atoms with Crippen LogP contribution in [0.15, 0.2) is 121 Å². The molecule has 6 atom stereocenters. The number of carbonyl (C=O) groups is 4. The monoisotopic (exact) mass is 1240 g/mol. The van der Waals surface area contributed by atoms with Crippen LogP contribution in [0.5, 0.6) is 5.75 Å². The van der Waals surface area contributed by atoms with Crippen molar-refractivity contribution < 1.29 is 96.3 Å². The van der Waals surface area contributed by atoms with Crippen molar-refractivity contribution in [2.75, 3.05) is 59.7 Å². The number of ether oxygens (including phenoxy) is 3. The van der Waals surface area contributed by atoms with Crippen LogP contribution in [-0.4, -0.2) is 120 Å². The third kappa shape index (κ3) is 13.9. The van der Waals surface area contributed by atoms with Crippen LogP contribution in [0, 0.1) is 0 Å². The van der Waals surface area contributed by atoms with Gasteiger partial charge in [-0.25, -0.2) is 9.59 Å². The average molecular weight is 1240 g/mol. The Kier molecular flexibility index (Phi) is 19.2. The average Bonchev–Trinajstić information content (AvgIpc) is 1.66. The molecule has 4 aliphatic rings. The summed E-state index contributed by atoms with van der Waals surface area (Å²) in [5.41, 5.74) is -8.79. The number of imide groups is 2. The molecule has 2 spiro atoms. The number of aliphatic hydroxyl groups excluding tert-OH is 2. The molecule has 87 heavy (non-hydrogen) atoms. The molecular weight excluding hydrogens is 1180 g/mol. The molecule has 2 unspecified atom stereocenters. The molecule has 5 aromatic rings. The molecule has 5 aromatic carbocycles. The molecule has 0 aromatic heterocycles. The second-order valence-corrected chi connectivity index (χ2v) is 21.8. The number of nitrogens with zero attached hydrogens (tertiary/aromatic N) is 3. The van der Waals surface area contributed by atoms with E-state index in [1.807, 2.05) is 0 Å². The van der Waals surface area contributed by atoms with E-state index in [1.54, 1.807) is 84.9 Å². The van der Waals surface area contributed by atoms with Crippen molar-refractivity contribution in [3.05, 3.63) is 171 Å². The lowest BCUT2D eigenvalue weighted by atomic mass is 9.75. The molecule has 4 aliphatic heterocycles. The van der Waals surface area contributed by atoms with Crippen LogP contribution in [0.4, 0.5) is 62.3 Å². The molecule has 4 heterocycles. The fourth-order valence-corrected chi connectivity index (χ4v) is 11.5. The standard InChI is InChI=1S/C34H35F6N3O5.C26H27F6N3O4/c1-22(24-16-26(33(35,36)37)18-27(17-24)34(38,39)40)48-21-31(25-6-4-3-5-7-25)12-13-32(20-41-31)29(45)42(30(46)43(32)14-15-44)19-23-8-10-28(47-2)11-9-23;1-16(17-11-19(25(27,28)29)13-20(12-17)26(30,31)32)39-15-23(18-5-3-2-4-6-18)7-8-24(14-33-23)21(37)34-22(38)35(24)9-10-36/h3-11,16-18,22,41,44H,12-15,19-21H2,1-2H3;2-6,11-13,16,33,36H,7-10,14-15H2,1H3,(H,34,37,38)/t22-,31-,32?;16-,23-,24?/m11/s1. The maximum atomic E-state index is 14.0. The number of benzene rings is 5. The topological polar surface area (TPSA) is 182 Å². The number of methoxy groups -OCH3 is 1. The zero-order chi connectivity index (χ0) is 63.5. The first-order valence-corrected chi connectivity index (χ1v) is 27.4. The van der Waals surface area contributed by atoms with Crippen LogP contribution in [0.1, 0.15) is 102 Å². The Balaban J connectivity index is 0.000000231. The van der Waals surface area contributed by atoms with Crippen molar-refractivity contribution in [2.45, 2.75) is 105 Å². The first kappa shape index (κ1) is 65.7. The molecule has 5 N–H and O–H groups in total. The second-order valence-electron chi connectivity index (χ2n) is 21.8. The maximum Gasteiger partial charge on any atom is 0.416 e. The van der Waals surface area contributed by atoms with Gasteiger partial charge >= 0.3 is 36.8 Å². The number of urea groups is 2. The summed E-state index contributed by atoms with van der Waals surface area (Å²) < 4.78 is 178. The molecule has 0 bridgehead atoms. The molecule has 27 heteroatoms. The summed E-state index contributed by atoms with van der Waals surface area (Å²) in [6.45, 7) is 1.42. The SMILES string of the molecule is COc1ccc(CN2C(=O)N(CCO)C3(CC[C@@](CO[C@H](C)c4cc(C(F)(F)F)cc(C(F)(F)F)c4)(c4ccccc4)NC3)C2=O)cc1.C[C@@H](OC[C@@]1(c2ccccc2)CCC2(CN1)C(=O)NC(=O)N2CCO)c1cc(C(F)(F)F)cc(C(F)(F)F)c1. The highest BCUT2D eigenvalue weighted by Gasteiger charge is 2.61. The molecule has 0 aliphatic carbocycles. The van der Waals surface area contributed by atoms with E-state index in [0.717, 1.165) is 10.5 Å². The fraction of sp³-hybridized carbons (Fsp3) is 0.433. The second kappa shape index (κ2) is 25.4. The van der Waals surface area contributed by atoms with Crippen LogP contribution < -0.4 is 20.7 Å². The summed E-state index contributed by atoms with van der Waals surface area (Å²) in [5, 5.41) is 28.2. The molecule has 6 amide bonds. The minimum Gasteiger partial charge on any atom is -0.497 e. The van der Waals surface area contributed by atoms with E-state index in [1.165, 1.54) is 30.8 Å². The highest BCUT2D eigenvalue weighted by molar-refractivity contribution is 6.08. The highest BCUT2D eigenvalue weighted by Crippen LogP contribution is 2.45. The molecule has 0 saturated carbocycles. The highest BCUT2D eigenvalue weighted by atomic mass is 19.4. The van der Waals surface area contributed by atoms with Crippen molar-refractivity contribution in [1.82, 2.24) is 30.7 Å².